The molecule has 0 aliphatic heterocycles. The summed E-state index contributed by atoms with van der Waals surface area (Å²) in [6.07, 6.45) is 0. The number of carbonyl (C=O) groups is 3. The van der Waals surface area contributed by atoms with Crippen LogP contribution < -0.4 is 37.7 Å². The summed E-state index contributed by atoms with van der Waals surface area (Å²) in [4.78, 5) is 60.4. The first-order valence-electron chi connectivity index (χ1n) is 11.5. The van der Waals surface area contributed by atoms with Crippen molar-refractivity contribution in [2.45, 2.75) is 13.8 Å². The van der Waals surface area contributed by atoms with Crippen LogP contribution in [0.4, 0.5) is 11.8 Å². The van der Waals surface area contributed by atoms with Crippen molar-refractivity contribution in [2.75, 3.05) is 44.6 Å². The smallest absolute Gasteiger partial charge is 0.321 e. The van der Waals surface area contributed by atoms with Crippen molar-refractivity contribution >= 4 is 40.6 Å². The van der Waals surface area contributed by atoms with Crippen LogP contribution in [0.2, 0.25) is 0 Å². The van der Waals surface area contributed by atoms with Crippen molar-refractivity contribution < 1.29 is 28.6 Å². The second-order valence-corrected chi connectivity index (χ2v) is 7.48. The molecule has 1 amide bonds. The average molecular weight is 529 g/mol. The van der Waals surface area contributed by atoms with Crippen LogP contribution in [0.15, 0.2) is 29.1 Å². The average Bonchev–Trinajstić information content (AvgIpc) is 2.88. The minimum atomic E-state index is -0.746. The topological polar surface area (TPSA) is 212 Å². The minimum Gasteiger partial charge on any atom is -0.497 e. The van der Waals surface area contributed by atoms with Gasteiger partial charge in [0.15, 0.2) is 5.65 Å². The maximum atomic E-state index is 13.2. The fraction of sp³-hybridized carbons (Fsp3) is 0.304. The third kappa shape index (κ3) is 6.71. The molecule has 202 valence electrons. The van der Waals surface area contributed by atoms with Crippen LogP contribution in [0, 0.1) is 0 Å². The SMILES string of the molecule is CCOC(=O)CNNC(=O)c1c(N)nc2nc(NNCC(=O)OCC)[nH]c(=O)c2c1-c1ccc(OC)cc1. The highest BCUT2D eigenvalue weighted by molar-refractivity contribution is 6.11. The molecule has 1 aromatic carbocycles. The number of methoxy groups -OCH3 is 1. The Balaban J connectivity index is 2.04. The highest BCUT2D eigenvalue weighted by Crippen LogP contribution is 2.33. The van der Waals surface area contributed by atoms with Crippen molar-refractivity contribution in [1.29, 1.82) is 0 Å². The first kappa shape index (κ1) is 27.8. The number of pyridine rings is 1. The molecule has 0 atom stereocenters. The molecule has 0 saturated carbocycles. The largest absolute Gasteiger partial charge is 0.497 e. The Kier molecular flexibility index (Phi) is 9.50. The normalized spacial score (nSPS) is 10.6. The van der Waals surface area contributed by atoms with Gasteiger partial charge in [-0.15, -0.1) is 0 Å². The molecule has 2 heterocycles. The van der Waals surface area contributed by atoms with Gasteiger partial charge in [-0.05, 0) is 31.5 Å². The van der Waals surface area contributed by atoms with Gasteiger partial charge in [-0.1, -0.05) is 12.1 Å². The number of benzene rings is 1. The summed E-state index contributed by atoms with van der Waals surface area (Å²) in [5, 5.41) is -0.0177. The Labute approximate surface area is 216 Å². The molecule has 38 heavy (non-hydrogen) atoms. The van der Waals surface area contributed by atoms with E-state index in [4.69, 9.17) is 19.9 Å². The second-order valence-electron chi connectivity index (χ2n) is 7.48. The number of hydrogen-bond donors (Lipinski definition) is 6. The highest BCUT2D eigenvalue weighted by Gasteiger charge is 2.24. The standard InChI is InChI=1S/C23H28N8O7/c1-4-37-14(32)10-25-30-22(35)17-16(12-6-8-13(36-3)9-7-12)18-20(27-19(17)24)28-23(29-21(18)34)31-26-11-15(33)38-5-2/h6-9,25-26H,4-5,10-11H2,1-3H3,(H,30,35)(H4,24,27,28,29,31,34). The van der Waals surface area contributed by atoms with Gasteiger partial charge < -0.3 is 19.9 Å². The maximum Gasteiger partial charge on any atom is 0.321 e. The molecule has 15 heteroatoms. The highest BCUT2D eigenvalue weighted by atomic mass is 16.5. The van der Waals surface area contributed by atoms with E-state index in [-0.39, 0.29) is 60.2 Å². The zero-order valence-corrected chi connectivity index (χ0v) is 21.0. The number of esters is 2. The minimum absolute atomic E-state index is 0.0177. The monoisotopic (exact) mass is 528 g/mol. The number of hydrazine groups is 2. The first-order valence-corrected chi connectivity index (χ1v) is 11.5. The first-order chi connectivity index (χ1) is 18.3. The third-order valence-corrected chi connectivity index (χ3v) is 4.97. The lowest BCUT2D eigenvalue weighted by atomic mass is 9.96. The van der Waals surface area contributed by atoms with Crippen molar-refractivity contribution in [1.82, 2.24) is 31.2 Å². The fourth-order valence-corrected chi connectivity index (χ4v) is 3.41. The lowest BCUT2D eigenvalue weighted by Crippen LogP contribution is -2.41. The number of hydrogen-bond acceptors (Lipinski definition) is 13. The van der Waals surface area contributed by atoms with Gasteiger partial charge in [0.25, 0.3) is 11.5 Å². The van der Waals surface area contributed by atoms with Gasteiger partial charge in [0, 0.05) is 5.56 Å². The molecule has 0 spiro atoms. The molecular weight excluding hydrogens is 500 g/mol. The van der Waals surface area contributed by atoms with Gasteiger partial charge in [0.2, 0.25) is 5.95 Å². The third-order valence-electron chi connectivity index (χ3n) is 4.97. The van der Waals surface area contributed by atoms with Crippen LogP contribution in [0.1, 0.15) is 24.2 Å². The van der Waals surface area contributed by atoms with Crippen LogP contribution in [-0.4, -0.2) is 66.2 Å². The summed E-state index contributed by atoms with van der Waals surface area (Å²) in [5.74, 6) is -1.56. The molecule has 0 saturated heterocycles. The van der Waals surface area contributed by atoms with Crippen LogP contribution in [0.25, 0.3) is 22.2 Å². The molecule has 0 fully saturated rings. The second kappa shape index (κ2) is 13.0. The number of nitrogens with zero attached hydrogens (tertiary/aromatic N) is 2. The number of anilines is 2. The number of amides is 1. The van der Waals surface area contributed by atoms with Crippen LogP contribution in [0.5, 0.6) is 5.75 Å². The number of nitrogens with one attached hydrogen (secondary N) is 5. The number of aromatic amines is 1. The molecule has 0 aliphatic rings. The number of carbonyl (C=O) groups excluding carboxylic acids is 3. The van der Waals surface area contributed by atoms with E-state index in [0.29, 0.717) is 11.3 Å². The number of aromatic nitrogens is 3. The number of H-pyrrole nitrogens is 1. The number of nitrogens with two attached hydrogens (primary N) is 1. The summed E-state index contributed by atoms with van der Waals surface area (Å²) < 4.78 is 14.8. The lowest BCUT2D eigenvalue weighted by Gasteiger charge is -2.16. The Morgan fingerprint density at radius 1 is 0.974 bits per heavy atom. The van der Waals surface area contributed by atoms with E-state index in [2.05, 4.69) is 36.7 Å². The lowest BCUT2D eigenvalue weighted by molar-refractivity contribution is -0.142. The molecule has 0 unspecified atom stereocenters. The fourth-order valence-electron chi connectivity index (χ4n) is 3.41. The van der Waals surface area contributed by atoms with Gasteiger partial charge in [-0.2, -0.15) is 4.98 Å². The molecule has 7 N–H and O–H groups in total. The summed E-state index contributed by atoms with van der Waals surface area (Å²) in [7, 11) is 1.50. The number of nitrogen functional groups attached to an aromatic ring is 1. The molecule has 3 aromatic rings. The Morgan fingerprint density at radius 3 is 2.21 bits per heavy atom. The summed E-state index contributed by atoms with van der Waals surface area (Å²) in [6.45, 7) is 3.24. The molecule has 0 aliphatic carbocycles. The van der Waals surface area contributed by atoms with E-state index in [1.54, 1.807) is 38.1 Å². The summed E-state index contributed by atoms with van der Waals surface area (Å²) >= 11 is 0. The quantitative estimate of drug-likeness (QED) is 0.134. The predicted octanol–water partition coefficient (Wildman–Crippen LogP) is -0.147. The maximum absolute atomic E-state index is 13.2. The Hall–Kier alpha value is -4.76. The number of ether oxygens (including phenoxy) is 3. The number of rotatable bonds is 12. The van der Waals surface area contributed by atoms with E-state index in [9.17, 15) is 19.2 Å². The van der Waals surface area contributed by atoms with Crippen molar-refractivity contribution in [2.24, 2.45) is 0 Å². The van der Waals surface area contributed by atoms with Crippen LogP contribution in [0.3, 0.4) is 0 Å². The zero-order valence-electron chi connectivity index (χ0n) is 21.0. The Morgan fingerprint density at radius 2 is 1.61 bits per heavy atom. The van der Waals surface area contributed by atoms with E-state index in [1.807, 2.05) is 0 Å². The van der Waals surface area contributed by atoms with E-state index in [0.717, 1.165) is 0 Å². The number of fused-ring (bicyclic) bond motifs is 1. The van der Waals surface area contributed by atoms with E-state index >= 15 is 0 Å². The molecule has 0 bridgehead atoms. The summed E-state index contributed by atoms with van der Waals surface area (Å²) in [6, 6.07) is 6.58. The van der Waals surface area contributed by atoms with Crippen molar-refractivity contribution in [3.05, 3.63) is 40.2 Å². The van der Waals surface area contributed by atoms with Crippen LogP contribution in [-0.2, 0) is 19.1 Å². The predicted molar refractivity (Wildman–Crippen MR) is 137 cm³/mol. The van der Waals surface area contributed by atoms with Crippen molar-refractivity contribution in [3.63, 3.8) is 0 Å². The molecule has 15 nitrogen and oxygen atoms in total. The van der Waals surface area contributed by atoms with Gasteiger partial charge in [-0.25, -0.2) is 15.8 Å². The summed E-state index contributed by atoms with van der Waals surface area (Å²) in [5.41, 5.74) is 16.0. The zero-order chi connectivity index (χ0) is 27.7. The van der Waals surface area contributed by atoms with Gasteiger partial charge in [0.1, 0.15) is 24.7 Å². The van der Waals surface area contributed by atoms with Crippen LogP contribution >= 0.6 is 0 Å². The molecular formula is C23H28N8O7. The van der Waals surface area contributed by atoms with E-state index < -0.39 is 23.4 Å². The van der Waals surface area contributed by atoms with E-state index in [1.165, 1.54) is 7.11 Å². The Bertz CT molecular complexity index is 1370. The van der Waals surface area contributed by atoms with Gasteiger partial charge in [-0.3, -0.25) is 35.0 Å². The molecule has 2 aromatic heterocycles. The van der Waals surface area contributed by atoms with Gasteiger partial charge in [0.05, 0.1) is 31.3 Å². The molecule has 3 rings (SSSR count). The van der Waals surface area contributed by atoms with Gasteiger partial charge >= 0.3 is 11.9 Å². The molecule has 0 radical (unpaired) electrons. The van der Waals surface area contributed by atoms with Crippen molar-refractivity contribution in [3.8, 4) is 16.9 Å².